The lowest BCUT2D eigenvalue weighted by Gasteiger charge is -2.08. The molecule has 0 aliphatic carbocycles. The third-order valence-corrected chi connectivity index (χ3v) is 4.21. The molecule has 0 saturated carbocycles. The first-order chi connectivity index (χ1) is 14.5. The Bertz CT molecular complexity index is 1030. The summed E-state index contributed by atoms with van der Waals surface area (Å²) >= 11 is 0. The average Bonchev–Trinajstić information content (AvgIpc) is 2.77. The van der Waals surface area contributed by atoms with Crippen LogP contribution in [0, 0.1) is 6.92 Å². The lowest BCUT2D eigenvalue weighted by atomic mass is 10.1. The number of rotatable bonds is 8. The van der Waals surface area contributed by atoms with E-state index in [9.17, 15) is 14.4 Å². The van der Waals surface area contributed by atoms with Gasteiger partial charge in [-0.2, -0.15) is 0 Å². The van der Waals surface area contributed by atoms with Crippen LogP contribution in [0.1, 0.15) is 26.3 Å². The van der Waals surface area contributed by atoms with Gasteiger partial charge in [0.1, 0.15) is 5.75 Å². The molecular weight excluding hydrogens is 382 g/mol. The van der Waals surface area contributed by atoms with Gasteiger partial charge in [-0.1, -0.05) is 30.3 Å². The molecule has 0 heterocycles. The lowest BCUT2D eigenvalue weighted by molar-refractivity contribution is -0.144. The van der Waals surface area contributed by atoms with Gasteiger partial charge in [0.05, 0.1) is 0 Å². The fourth-order valence-corrected chi connectivity index (χ4v) is 2.65. The first-order valence-corrected chi connectivity index (χ1v) is 9.36. The molecule has 0 spiro atoms. The van der Waals surface area contributed by atoms with E-state index in [1.54, 1.807) is 60.7 Å². The van der Waals surface area contributed by atoms with Crippen LogP contribution >= 0.6 is 0 Å². The normalized spacial score (nSPS) is 10.2. The van der Waals surface area contributed by atoms with Crippen molar-refractivity contribution in [3.63, 3.8) is 0 Å². The highest BCUT2D eigenvalue weighted by Crippen LogP contribution is 2.13. The van der Waals surface area contributed by atoms with Crippen LogP contribution in [0.15, 0.2) is 78.9 Å². The molecule has 0 aliphatic rings. The van der Waals surface area contributed by atoms with Crippen LogP contribution in [0.25, 0.3) is 0 Å². The number of ketones is 1. The van der Waals surface area contributed by atoms with Crippen molar-refractivity contribution in [2.45, 2.75) is 6.92 Å². The number of carbonyl (C=O) groups is 3. The van der Waals surface area contributed by atoms with Crippen molar-refractivity contribution < 1.29 is 23.9 Å². The Hall–Kier alpha value is -3.93. The van der Waals surface area contributed by atoms with Gasteiger partial charge in [0.2, 0.25) is 0 Å². The van der Waals surface area contributed by atoms with Crippen molar-refractivity contribution >= 4 is 23.3 Å². The molecule has 0 radical (unpaired) electrons. The number of ether oxygens (including phenoxy) is 2. The smallest absolute Gasteiger partial charge is 0.344 e. The highest BCUT2D eigenvalue weighted by Gasteiger charge is 2.12. The summed E-state index contributed by atoms with van der Waals surface area (Å²) in [5, 5.41) is 2.76. The van der Waals surface area contributed by atoms with Gasteiger partial charge in [-0.25, -0.2) is 4.79 Å². The summed E-state index contributed by atoms with van der Waals surface area (Å²) in [7, 11) is 0. The highest BCUT2D eigenvalue weighted by molar-refractivity contribution is 6.04. The molecular formula is C24H21NO5. The summed E-state index contributed by atoms with van der Waals surface area (Å²) < 4.78 is 10.3. The number of nitrogens with one attached hydrogen (secondary N) is 1. The predicted molar refractivity (Wildman–Crippen MR) is 113 cm³/mol. The Balaban J connectivity index is 1.46. The number of esters is 1. The van der Waals surface area contributed by atoms with E-state index in [1.165, 1.54) is 0 Å². The Kier molecular flexibility index (Phi) is 6.95. The van der Waals surface area contributed by atoms with Crippen molar-refractivity contribution in [2.75, 3.05) is 18.5 Å². The Morgan fingerprint density at radius 2 is 1.53 bits per heavy atom. The van der Waals surface area contributed by atoms with Gasteiger partial charge in [0, 0.05) is 16.8 Å². The zero-order chi connectivity index (χ0) is 21.3. The second-order valence-electron chi connectivity index (χ2n) is 6.59. The van der Waals surface area contributed by atoms with Crippen LogP contribution < -0.4 is 10.1 Å². The molecule has 30 heavy (non-hydrogen) atoms. The van der Waals surface area contributed by atoms with E-state index in [0.29, 0.717) is 22.6 Å². The van der Waals surface area contributed by atoms with Gasteiger partial charge in [-0.15, -0.1) is 0 Å². The van der Waals surface area contributed by atoms with E-state index in [-0.39, 0.29) is 24.9 Å². The fraction of sp³-hybridized carbons (Fsp3) is 0.125. The minimum absolute atomic E-state index is 0.239. The molecule has 3 aromatic carbocycles. The third kappa shape index (κ3) is 6.04. The number of anilines is 1. The molecule has 0 aromatic heterocycles. The monoisotopic (exact) mass is 403 g/mol. The molecule has 0 atom stereocenters. The molecule has 0 bridgehead atoms. The third-order valence-electron chi connectivity index (χ3n) is 4.21. The van der Waals surface area contributed by atoms with Crippen LogP contribution in [0.4, 0.5) is 5.69 Å². The topological polar surface area (TPSA) is 81.7 Å². The van der Waals surface area contributed by atoms with Crippen LogP contribution in [0.2, 0.25) is 0 Å². The summed E-state index contributed by atoms with van der Waals surface area (Å²) in [6.07, 6.45) is 0. The SMILES string of the molecule is Cc1cccc(OCC(=O)OCC(=O)c2ccc(NC(=O)c3ccccc3)cc2)c1. The van der Waals surface area contributed by atoms with Gasteiger partial charge in [0.25, 0.3) is 5.91 Å². The number of Topliss-reactive ketones (excluding diaryl/α,β-unsaturated/α-hetero) is 1. The number of amides is 1. The van der Waals surface area contributed by atoms with Gasteiger partial charge in [0.15, 0.2) is 19.0 Å². The standard InChI is InChI=1S/C24H21NO5/c1-17-6-5-9-21(14-17)29-16-23(27)30-15-22(26)18-10-12-20(13-11-18)25-24(28)19-7-3-2-4-8-19/h2-14H,15-16H2,1H3,(H,25,28). The molecule has 1 amide bonds. The number of hydrogen-bond acceptors (Lipinski definition) is 5. The summed E-state index contributed by atoms with van der Waals surface area (Å²) in [5.74, 6) is -0.653. The molecule has 1 N–H and O–H groups in total. The molecule has 6 heteroatoms. The molecule has 3 aromatic rings. The quantitative estimate of drug-likeness (QED) is 0.453. The second-order valence-corrected chi connectivity index (χ2v) is 6.59. The number of carbonyl (C=O) groups excluding carboxylic acids is 3. The molecule has 6 nitrogen and oxygen atoms in total. The van der Waals surface area contributed by atoms with Crippen LogP contribution in [-0.4, -0.2) is 30.9 Å². The molecule has 152 valence electrons. The number of aryl methyl sites for hydroxylation is 1. The van der Waals surface area contributed by atoms with Crippen molar-refractivity contribution in [3.8, 4) is 5.75 Å². The van der Waals surface area contributed by atoms with Gasteiger partial charge >= 0.3 is 5.97 Å². The Labute approximate surface area is 174 Å². The lowest BCUT2D eigenvalue weighted by Crippen LogP contribution is -2.19. The van der Waals surface area contributed by atoms with Gasteiger partial charge in [-0.3, -0.25) is 9.59 Å². The van der Waals surface area contributed by atoms with Crippen LogP contribution in [0.3, 0.4) is 0 Å². The average molecular weight is 403 g/mol. The van der Waals surface area contributed by atoms with E-state index in [4.69, 9.17) is 9.47 Å². The highest BCUT2D eigenvalue weighted by atomic mass is 16.6. The van der Waals surface area contributed by atoms with E-state index < -0.39 is 5.97 Å². The van der Waals surface area contributed by atoms with Crippen LogP contribution in [-0.2, 0) is 9.53 Å². The van der Waals surface area contributed by atoms with E-state index in [2.05, 4.69) is 5.32 Å². The number of hydrogen-bond donors (Lipinski definition) is 1. The largest absolute Gasteiger partial charge is 0.482 e. The maximum atomic E-state index is 12.2. The van der Waals surface area contributed by atoms with E-state index in [1.807, 2.05) is 25.1 Å². The molecule has 0 fully saturated rings. The Morgan fingerprint density at radius 3 is 2.23 bits per heavy atom. The predicted octanol–water partition coefficient (Wildman–Crippen LogP) is 4.05. The first kappa shape index (κ1) is 20.8. The van der Waals surface area contributed by atoms with Gasteiger partial charge in [-0.05, 0) is 61.0 Å². The maximum absolute atomic E-state index is 12.2. The van der Waals surface area contributed by atoms with Crippen LogP contribution in [0.5, 0.6) is 5.75 Å². The minimum atomic E-state index is -0.628. The zero-order valence-electron chi connectivity index (χ0n) is 16.5. The van der Waals surface area contributed by atoms with E-state index in [0.717, 1.165) is 5.56 Å². The maximum Gasteiger partial charge on any atom is 0.344 e. The molecule has 0 aliphatic heterocycles. The minimum Gasteiger partial charge on any atom is -0.482 e. The van der Waals surface area contributed by atoms with Crippen molar-refractivity contribution in [1.82, 2.24) is 0 Å². The first-order valence-electron chi connectivity index (χ1n) is 9.36. The molecule has 0 unspecified atom stereocenters. The fourth-order valence-electron chi connectivity index (χ4n) is 2.65. The van der Waals surface area contributed by atoms with E-state index >= 15 is 0 Å². The Morgan fingerprint density at radius 1 is 0.800 bits per heavy atom. The summed E-state index contributed by atoms with van der Waals surface area (Å²) in [6.45, 7) is 1.26. The summed E-state index contributed by atoms with van der Waals surface area (Å²) in [4.78, 5) is 36.2. The molecule has 0 saturated heterocycles. The number of benzene rings is 3. The summed E-state index contributed by atoms with van der Waals surface area (Å²) in [5.41, 5.74) is 2.49. The second kappa shape index (κ2) is 10.0. The van der Waals surface area contributed by atoms with Crippen molar-refractivity contribution in [2.24, 2.45) is 0 Å². The zero-order valence-corrected chi connectivity index (χ0v) is 16.5. The van der Waals surface area contributed by atoms with Gasteiger partial charge < -0.3 is 14.8 Å². The van der Waals surface area contributed by atoms with Crippen molar-refractivity contribution in [3.05, 3.63) is 95.6 Å². The molecule has 3 rings (SSSR count). The summed E-state index contributed by atoms with van der Waals surface area (Å²) in [6, 6.07) is 22.5. The van der Waals surface area contributed by atoms with Crippen molar-refractivity contribution in [1.29, 1.82) is 0 Å².